The fraction of sp³-hybridized carbons (Fsp3) is 0.250. The van der Waals surface area contributed by atoms with E-state index in [4.69, 9.17) is 9.47 Å². The lowest BCUT2D eigenvalue weighted by atomic mass is 10.1. The third-order valence-corrected chi connectivity index (χ3v) is 3.58. The van der Waals surface area contributed by atoms with Crippen molar-refractivity contribution in [2.45, 2.75) is 13.0 Å². The number of ether oxygens (including phenoxy) is 2. The van der Waals surface area contributed by atoms with Gasteiger partial charge in [-0.05, 0) is 40.5 Å². The number of para-hydroxylation sites is 1. The molecule has 20 heavy (non-hydrogen) atoms. The molecule has 2 aromatic carbocycles. The molecule has 0 fully saturated rings. The molecule has 0 bridgehead atoms. The average Bonchev–Trinajstić information content (AvgIpc) is 2.47. The number of halogens is 1. The molecule has 1 atom stereocenters. The molecule has 2 rings (SSSR count). The van der Waals surface area contributed by atoms with Gasteiger partial charge < -0.3 is 14.8 Å². The first kappa shape index (κ1) is 14.9. The number of hydrogen-bond donors (Lipinski definition) is 1. The highest BCUT2D eigenvalue weighted by Crippen LogP contribution is 2.35. The first-order valence-corrected chi connectivity index (χ1v) is 7.23. The second-order valence-corrected chi connectivity index (χ2v) is 5.30. The van der Waals surface area contributed by atoms with Gasteiger partial charge in [0.1, 0.15) is 0 Å². The van der Waals surface area contributed by atoms with Crippen LogP contribution in [0.15, 0.2) is 53.0 Å². The van der Waals surface area contributed by atoms with Crippen molar-refractivity contribution in [3.8, 4) is 5.75 Å². The van der Waals surface area contributed by atoms with Crippen LogP contribution in [0.5, 0.6) is 5.75 Å². The van der Waals surface area contributed by atoms with E-state index >= 15 is 0 Å². The van der Waals surface area contributed by atoms with Crippen molar-refractivity contribution >= 4 is 21.6 Å². The lowest BCUT2D eigenvalue weighted by Crippen LogP contribution is -2.09. The molecule has 0 saturated heterocycles. The van der Waals surface area contributed by atoms with Gasteiger partial charge >= 0.3 is 0 Å². The lowest BCUT2D eigenvalue weighted by Gasteiger charge is -2.19. The van der Waals surface area contributed by atoms with Gasteiger partial charge in [0.2, 0.25) is 0 Å². The number of anilines is 1. The molecule has 2 aromatic rings. The van der Waals surface area contributed by atoms with Gasteiger partial charge in [-0.2, -0.15) is 0 Å². The van der Waals surface area contributed by atoms with Crippen LogP contribution in [0.1, 0.15) is 18.5 Å². The molecule has 3 nitrogen and oxygen atoms in total. The summed E-state index contributed by atoms with van der Waals surface area (Å²) in [4.78, 5) is 0. The van der Waals surface area contributed by atoms with Crippen molar-refractivity contribution in [1.82, 2.24) is 0 Å². The van der Waals surface area contributed by atoms with Crippen molar-refractivity contribution in [3.63, 3.8) is 0 Å². The van der Waals surface area contributed by atoms with Crippen molar-refractivity contribution < 1.29 is 9.47 Å². The van der Waals surface area contributed by atoms with E-state index in [1.165, 1.54) is 5.56 Å². The Kier molecular flexibility index (Phi) is 5.44. The molecule has 0 heterocycles. The molecule has 0 saturated carbocycles. The maximum atomic E-state index is 5.62. The van der Waals surface area contributed by atoms with Crippen LogP contribution in [0.3, 0.4) is 0 Å². The topological polar surface area (TPSA) is 30.5 Å². The molecule has 4 heteroatoms. The quantitative estimate of drug-likeness (QED) is 0.782. The Morgan fingerprint density at radius 1 is 1.10 bits per heavy atom. The Morgan fingerprint density at radius 2 is 1.85 bits per heavy atom. The molecule has 1 unspecified atom stereocenters. The fourth-order valence-electron chi connectivity index (χ4n) is 1.95. The zero-order valence-corrected chi connectivity index (χ0v) is 13.2. The van der Waals surface area contributed by atoms with Crippen LogP contribution in [-0.2, 0) is 4.74 Å². The smallest absolute Gasteiger partial charge is 0.188 e. The Balaban J connectivity index is 2.18. The minimum Gasteiger partial charge on any atom is -0.464 e. The summed E-state index contributed by atoms with van der Waals surface area (Å²) in [6.45, 7) is 2.34. The van der Waals surface area contributed by atoms with E-state index in [-0.39, 0.29) is 12.8 Å². The molecule has 0 radical (unpaired) electrons. The molecule has 106 valence electrons. The van der Waals surface area contributed by atoms with E-state index in [9.17, 15) is 0 Å². The molecule has 0 spiro atoms. The van der Waals surface area contributed by atoms with Crippen LogP contribution in [0.25, 0.3) is 0 Å². The van der Waals surface area contributed by atoms with Crippen molar-refractivity contribution in [3.05, 3.63) is 58.6 Å². The van der Waals surface area contributed by atoms with E-state index in [0.29, 0.717) is 0 Å². The monoisotopic (exact) mass is 335 g/mol. The van der Waals surface area contributed by atoms with Crippen LogP contribution in [0, 0.1) is 0 Å². The Labute approximate surface area is 128 Å². The minimum absolute atomic E-state index is 0.190. The second-order valence-electron chi connectivity index (χ2n) is 4.44. The largest absolute Gasteiger partial charge is 0.464 e. The molecule has 0 aromatic heterocycles. The summed E-state index contributed by atoms with van der Waals surface area (Å²) in [5, 5.41) is 3.47. The minimum atomic E-state index is 0.190. The van der Waals surface area contributed by atoms with E-state index in [1.54, 1.807) is 7.11 Å². The Bertz CT molecular complexity index is 545. The summed E-state index contributed by atoms with van der Waals surface area (Å²) in [7, 11) is 1.61. The van der Waals surface area contributed by atoms with Gasteiger partial charge in [-0.1, -0.05) is 36.4 Å². The molecule has 0 amide bonds. The van der Waals surface area contributed by atoms with Crippen LogP contribution in [0.2, 0.25) is 0 Å². The lowest BCUT2D eigenvalue weighted by molar-refractivity contribution is 0.0510. The number of rotatable bonds is 6. The number of benzene rings is 2. The van der Waals surface area contributed by atoms with Gasteiger partial charge in [0, 0.05) is 13.2 Å². The Morgan fingerprint density at radius 3 is 2.55 bits per heavy atom. The Hall–Kier alpha value is -1.52. The van der Waals surface area contributed by atoms with E-state index in [1.807, 2.05) is 36.4 Å². The summed E-state index contributed by atoms with van der Waals surface area (Å²) in [5.41, 5.74) is 2.16. The molecule has 0 aliphatic heterocycles. The predicted molar refractivity (Wildman–Crippen MR) is 85.1 cm³/mol. The fourth-order valence-corrected chi connectivity index (χ4v) is 2.43. The maximum absolute atomic E-state index is 5.62. The van der Waals surface area contributed by atoms with Gasteiger partial charge in [-0.15, -0.1) is 0 Å². The highest BCUT2D eigenvalue weighted by atomic mass is 79.9. The first-order chi connectivity index (χ1) is 9.72. The second kappa shape index (κ2) is 7.31. The zero-order valence-electron chi connectivity index (χ0n) is 11.6. The third kappa shape index (κ3) is 3.74. The maximum Gasteiger partial charge on any atom is 0.188 e. The van der Waals surface area contributed by atoms with E-state index < -0.39 is 0 Å². The predicted octanol–water partition coefficient (Wildman–Crippen LogP) is 4.60. The summed E-state index contributed by atoms with van der Waals surface area (Å²) < 4.78 is 11.5. The number of methoxy groups -OCH3 is 1. The molecular weight excluding hydrogens is 318 g/mol. The SMILES string of the molecule is COCOc1c(Br)cccc1NC(C)c1ccccc1. The van der Waals surface area contributed by atoms with Crippen LogP contribution in [-0.4, -0.2) is 13.9 Å². The van der Waals surface area contributed by atoms with Gasteiger partial charge in [-0.3, -0.25) is 0 Å². The molecular formula is C16H18BrNO2. The normalized spacial score (nSPS) is 11.9. The van der Waals surface area contributed by atoms with Crippen LogP contribution < -0.4 is 10.1 Å². The van der Waals surface area contributed by atoms with Crippen LogP contribution >= 0.6 is 15.9 Å². The van der Waals surface area contributed by atoms with Gasteiger partial charge in [0.15, 0.2) is 12.5 Å². The van der Waals surface area contributed by atoms with Crippen LogP contribution in [0.4, 0.5) is 5.69 Å². The first-order valence-electron chi connectivity index (χ1n) is 6.44. The molecule has 0 aliphatic rings. The molecule has 1 N–H and O–H groups in total. The summed E-state index contributed by atoms with van der Waals surface area (Å²) in [6.07, 6.45) is 0. The highest BCUT2D eigenvalue weighted by Gasteiger charge is 2.11. The van der Waals surface area contributed by atoms with E-state index in [0.717, 1.165) is 15.9 Å². The standard InChI is InChI=1S/C16H18BrNO2/c1-12(13-7-4-3-5-8-13)18-15-10-6-9-14(17)16(15)20-11-19-2/h3-10,12,18H,11H2,1-2H3. The highest BCUT2D eigenvalue weighted by molar-refractivity contribution is 9.10. The summed E-state index contributed by atoms with van der Waals surface area (Å²) in [6, 6.07) is 16.4. The molecule has 0 aliphatic carbocycles. The zero-order chi connectivity index (χ0) is 14.4. The number of nitrogens with one attached hydrogen (secondary N) is 1. The summed E-state index contributed by atoms with van der Waals surface area (Å²) >= 11 is 3.50. The third-order valence-electron chi connectivity index (χ3n) is 2.96. The van der Waals surface area contributed by atoms with Gasteiger partial charge in [0.05, 0.1) is 10.2 Å². The van der Waals surface area contributed by atoms with Crippen molar-refractivity contribution in [2.24, 2.45) is 0 Å². The van der Waals surface area contributed by atoms with E-state index in [2.05, 4.69) is 40.3 Å². The van der Waals surface area contributed by atoms with Gasteiger partial charge in [-0.25, -0.2) is 0 Å². The van der Waals surface area contributed by atoms with Crippen molar-refractivity contribution in [1.29, 1.82) is 0 Å². The van der Waals surface area contributed by atoms with Crippen molar-refractivity contribution in [2.75, 3.05) is 19.2 Å². The number of hydrogen-bond acceptors (Lipinski definition) is 3. The van der Waals surface area contributed by atoms with Gasteiger partial charge in [0.25, 0.3) is 0 Å². The summed E-state index contributed by atoms with van der Waals surface area (Å²) in [5.74, 6) is 0.761. The average molecular weight is 336 g/mol.